The summed E-state index contributed by atoms with van der Waals surface area (Å²) in [7, 11) is 0. The Kier molecular flexibility index (Phi) is 3.20. The molecule has 22 heavy (non-hydrogen) atoms. The number of ether oxygens (including phenoxy) is 3. The van der Waals surface area contributed by atoms with E-state index in [9.17, 15) is 0 Å². The summed E-state index contributed by atoms with van der Waals surface area (Å²) >= 11 is 0. The van der Waals surface area contributed by atoms with Gasteiger partial charge in [0.15, 0.2) is 0 Å². The molecule has 5 rings (SSSR count). The zero-order chi connectivity index (χ0) is 14.9. The molecular formula is C19H30O3. The van der Waals surface area contributed by atoms with Gasteiger partial charge in [0, 0.05) is 23.7 Å². The van der Waals surface area contributed by atoms with Gasteiger partial charge in [-0.1, -0.05) is 33.1 Å². The van der Waals surface area contributed by atoms with Crippen molar-refractivity contribution in [3.63, 3.8) is 0 Å². The molecule has 8 atom stereocenters. The highest BCUT2D eigenvalue weighted by atomic mass is 16.6. The number of rotatable bonds is 2. The molecule has 1 saturated carbocycles. The van der Waals surface area contributed by atoms with Gasteiger partial charge in [-0.05, 0) is 25.7 Å². The number of hydrogen-bond acceptors (Lipinski definition) is 3. The quantitative estimate of drug-likeness (QED) is 0.781. The maximum Gasteiger partial charge on any atom is 0.0740 e. The Morgan fingerprint density at radius 1 is 0.864 bits per heavy atom. The van der Waals surface area contributed by atoms with Crippen LogP contribution in [0.3, 0.4) is 0 Å². The van der Waals surface area contributed by atoms with Crippen molar-refractivity contribution in [2.45, 2.75) is 88.8 Å². The molecule has 3 nitrogen and oxygen atoms in total. The molecule has 4 heterocycles. The molecule has 4 saturated heterocycles. The van der Waals surface area contributed by atoms with E-state index in [2.05, 4.69) is 13.8 Å². The molecule has 5 aliphatic rings. The van der Waals surface area contributed by atoms with Crippen LogP contribution in [0, 0.1) is 23.7 Å². The largest absolute Gasteiger partial charge is 0.374 e. The van der Waals surface area contributed by atoms with Crippen LogP contribution in [0.4, 0.5) is 0 Å². The van der Waals surface area contributed by atoms with Gasteiger partial charge in [-0.25, -0.2) is 0 Å². The van der Waals surface area contributed by atoms with E-state index in [1.807, 2.05) is 0 Å². The van der Waals surface area contributed by atoms with Gasteiger partial charge in [0.05, 0.1) is 36.6 Å². The van der Waals surface area contributed by atoms with Gasteiger partial charge in [-0.3, -0.25) is 0 Å². The predicted octanol–water partition coefficient (Wildman–Crippen LogP) is 3.55. The number of fused-ring (bicyclic) bond motifs is 9. The zero-order valence-electron chi connectivity index (χ0n) is 14.0. The molecule has 3 heteroatoms. The van der Waals surface area contributed by atoms with Crippen molar-refractivity contribution in [2.75, 3.05) is 6.61 Å². The molecule has 5 fully saturated rings. The lowest BCUT2D eigenvalue weighted by atomic mass is 9.60. The average molecular weight is 306 g/mol. The summed E-state index contributed by atoms with van der Waals surface area (Å²) in [4.78, 5) is 0. The molecule has 1 spiro atoms. The maximum atomic E-state index is 6.64. The van der Waals surface area contributed by atoms with E-state index >= 15 is 0 Å². The monoisotopic (exact) mass is 306 g/mol. The van der Waals surface area contributed by atoms with Gasteiger partial charge < -0.3 is 14.2 Å². The first-order valence-electron chi connectivity index (χ1n) is 9.74. The van der Waals surface area contributed by atoms with Crippen molar-refractivity contribution >= 4 is 0 Å². The van der Waals surface area contributed by atoms with Crippen LogP contribution in [0.2, 0.25) is 0 Å². The summed E-state index contributed by atoms with van der Waals surface area (Å²) in [6.07, 6.45) is 10.6. The van der Waals surface area contributed by atoms with E-state index < -0.39 is 0 Å². The minimum absolute atomic E-state index is 0.163. The van der Waals surface area contributed by atoms with E-state index in [4.69, 9.17) is 14.2 Å². The third-order valence-corrected chi connectivity index (χ3v) is 7.64. The standard InChI is InChI=1S/C19H30O3/c1-3-12-14-15(13(4-2)21-12)18-16-11(17(14)22-18)10-20-19(16)8-6-5-7-9-19/h11-18H,3-10H2,1-2H3. The number of hydrogen-bond donors (Lipinski definition) is 0. The van der Waals surface area contributed by atoms with Crippen molar-refractivity contribution in [2.24, 2.45) is 23.7 Å². The summed E-state index contributed by atoms with van der Waals surface area (Å²) in [6.45, 7) is 5.50. The highest BCUT2D eigenvalue weighted by Gasteiger charge is 2.71. The Bertz CT molecular complexity index is 444. The van der Waals surface area contributed by atoms with Crippen LogP contribution in [-0.4, -0.2) is 36.6 Å². The van der Waals surface area contributed by atoms with Crippen LogP contribution < -0.4 is 0 Å². The first kappa shape index (κ1) is 14.2. The fraction of sp³-hybridized carbons (Fsp3) is 1.00. The van der Waals surface area contributed by atoms with Crippen LogP contribution in [0.15, 0.2) is 0 Å². The summed E-state index contributed by atoms with van der Waals surface area (Å²) in [6, 6.07) is 0. The minimum Gasteiger partial charge on any atom is -0.374 e. The fourth-order valence-corrected chi connectivity index (χ4v) is 6.90. The van der Waals surface area contributed by atoms with Gasteiger partial charge in [-0.2, -0.15) is 0 Å². The molecule has 0 aromatic carbocycles. The first-order chi connectivity index (χ1) is 10.8. The smallest absolute Gasteiger partial charge is 0.0740 e. The zero-order valence-corrected chi connectivity index (χ0v) is 14.0. The molecule has 4 aliphatic heterocycles. The Labute approximate surface area is 134 Å². The molecular weight excluding hydrogens is 276 g/mol. The van der Waals surface area contributed by atoms with Gasteiger partial charge in [0.25, 0.3) is 0 Å². The highest BCUT2D eigenvalue weighted by Crippen LogP contribution is 2.64. The Hall–Kier alpha value is -0.120. The molecule has 0 N–H and O–H groups in total. The van der Waals surface area contributed by atoms with Gasteiger partial charge >= 0.3 is 0 Å². The average Bonchev–Trinajstić information content (AvgIpc) is 3.27. The van der Waals surface area contributed by atoms with E-state index in [-0.39, 0.29) is 5.60 Å². The fourth-order valence-electron chi connectivity index (χ4n) is 6.90. The van der Waals surface area contributed by atoms with Crippen LogP contribution in [-0.2, 0) is 14.2 Å². The van der Waals surface area contributed by atoms with Gasteiger partial charge in [0.2, 0.25) is 0 Å². The lowest BCUT2D eigenvalue weighted by Gasteiger charge is -2.42. The minimum atomic E-state index is 0.163. The topological polar surface area (TPSA) is 27.7 Å². The molecule has 1 aliphatic carbocycles. The molecule has 0 aromatic rings. The summed E-state index contributed by atoms with van der Waals surface area (Å²) in [5, 5.41) is 0. The van der Waals surface area contributed by atoms with Crippen LogP contribution >= 0.6 is 0 Å². The van der Waals surface area contributed by atoms with E-state index in [0.717, 1.165) is 19.4 Å². The second-order valence-corrected chi connectivity index (χ2v) is 8.38. The molecule has 0 aromatic heterocycles. The highest BCUT2D eigenvalue weighted by molar-refractivity contribution is 5.18. The van der Waals surface area contributed by atoms with Crippen LogP contribution in [0.1, 0.15) is 58.8 Å². The Morgan fingerprint density at radius 2 is 1.55 bits per heavy atom. The second-order valence-electron chi connectivity index (χ2n) is 8.38. The Balaban J connectivity index is 1.48. The van der Waals surface area contributed by atoms with Crippen molar-refractivity contribution in [3.05, 3.63) is 0 Å². The van der Waals surface area contributed by atoms with Crippen molar-refractivity contribution < 1.29 is 14.2 Å². The normalized spacial score (nSPS) is 54.8. The molecule has 0 amide bonds. The Morgan fingerprint density at radius 3 is 2.23 bits per heavy atom. The molecule has 2 bridgehead atoms. The third-order valence-electron chi connectivity index (χ3n) is 7.64. The van der Waals surface area contributed by atoms with Crippen molar-refractivity contribution in [1.82, 2.24) is 0 Å². The maximum absolute atomic E-state index is 6.64. The van der Waals surface area contributed by atoms with E-state index in [1.54, 1.807) is 0 Å². The van der Waals surface area contributed by atoms with Crippen LogP contribution in [0.5, 0.6) is 0 Å². The molecule has 8 unspecified atom stereocenters. The van der Waals surface area contributed by atoms with Crippen LogP contribution in [0.25, 0.3) is 0 Å². The van der Waals surface area contributed by atoms with Gasteiger partial charge in [-0.15, -0.1) is 0 Å². The SMILES string of the molecule is CCC1OC(CC)C2C3OC(C4COC5(CCCCC5)C43)C12. The van der Waals surface area contributed by atoms with E-state index in [1.165, 1.54) is 32.1 Å². The summed E-state index contributed by atoms with van der Waals surface area (Å²) < 4.78 is 19.6. The van der Waals surface area contributed by atoms with Crippen molar-refractivity contribution in [3.8, 4) is 0 Å². The molecule has 0 radical (unpaired) electrons. The summed E-state index contributed by atoms with van der Waals surface area (Å²) in [5.41, 5.74) is 0.163. The predicted molar refractivity (Wildman–Crippen MR) is 83.6 cm³/mol. The summed E-state index contributed by atoms with van der Waals surface area (Å²) in [5.74, 6) is 2.59. The van der Waals surface area contributed by atoms with Crippen molar-refractivity contribution in [1.29, 1.82) is 0 Å². The molecule has 124 valence electrons. The third kappa shape index (κ3) is 1.63. The van der Waals surface area contributed by atoms with E-state index in [0.29, 0.717) is 48.1 Å². The first-order valence-corrected chi connectivity index (χ1v) is 9.74. The van der Waals surface area contributed by atoms with Gasteiger partial charge in [0.1, 0.15) is 0 Å². The second kappa shape index (κ2) is 4.94. The lowest BCUT2D eigenvalue weighted by Crippen LogP contribution is -2.49. The lowest BCUT2D eigenvalue weighted by molar-refractivity contribution is -0.0994.